The summed E-state index contributed by atoms with van der Waals surface area (Å²) in [6.45, 7) is 2.20. The number of nitrogens with one attached hydrogen (secondary N) is 1. The third-order valence-electron chi connectivity index (χ3n) is 3.47. The number of hydrogen-bond donors (Lipinski definition) is 1. The number of anilines is 2. The van der Waals surface area contributed by atoms with Crippen LogP contribution in [-0.2, 0) is 4.74 Å². The highest BCUT2D eigenvalue weighted by Gasteiger charge is 2.20. The van der Waals surface area contributed by atoms with Crippen molar-refractivity contribution < 1.29 is 9.53 Å². The number of ether oxygens (including phenoxy) is 1. The second-order valence-corrected chi connectivity index (χ2v) is 4.95. The fourth-order valence-corrected chi connectivity index (χ4v) is 2.28. The van der Waals surface area contributed by atoms with Gasteiger partial charge in [-0.2, -0.15) is 5.26 Å². The zero-order valence-corrected chi connectivity index (χ0v) is 12.4. The van der Waals surface area contributed by atoms with Crippen molar-refractivity contribution in [2.45, 2.75) is 0 Å². The minimum absolute atomic E-state index is 0.146. The van der Waals surface area contributed by atoms with Crippen molar-refractivity contribution in [3.63, 3.8) is 0 Å². The zero-order chi connectivity index (χ0) is 16.1. The fraction of sp³-hybridized carbons (Fsp3) is 0.250. The van der Waals surface area contributed by atoms with E-state index in [0.29, 0.717) is 43.2 Å². The van der Waals surface area contributed by atoms with Gasteiger partial charge in [0.25, 0.3) is 5.91 Å². The highest BCUT2D eigenvalue weighted by molar-refractivity contribution is 5.92. The molecule has 7 heteroatoms. The van der Waals surface area contributed by atoms with Crippen LogP contribution >= 0.6 is 0 Å². The Morgan fingerprint density at radius 2 is 2.04 bits per heavy atom. The van der Waals surface area contributed by atoms with Gasteiger partial charge in [0.1, 0.15) is 11.8 Å². The smallest absolute Gasteiger partial charge is 0.272 e. The Balaban J connectivity index is 1.80. The Morgan fingerprint density at radius 3 is 2.83 bits per heavy atom. The summed E-state index contributed by atoms with van der Waals surface area (Å²) in [5.74, 6) is 0.138. The van der Waals surface area contributed by atoms with Gasteiger partial charge in [-0.25, -0.2) is 9.97 Å². The summed E-state index contributed by atoms with van der Waals surface area (Å²) in [7, 11) is 0. The van der Waals surface area contributed by atoms with E-state index in [1.54, 1.807) is 29.2 Å². The van der Waals surface area contributed by atoms with Gasteiger partial charge in [0.15, 0.2) is 0 Å². The minimum atomic E-state index is -0.146. The van der Waals surface area contributed by atoms with E-state index in [2.05, 4.69) is 21.4 Å². The summed E-state index contributed by atoms with van der Waals surface area (Å²) in [6.07, 6.45) is 1.53. The van der Waals surface area contributed by atoms with Gasteiger partial charge in [0.05, 0.1) is 24.5 Å². The molecule has 0 atom stereocenters. The average molecular weight is 309 g/mol. The molecule has 0 bridgehead atoms. The van der Waals surface area contributed by atoms with E-state index < -0.39 is 0 Å². The topological polar surface area (TPSA) is 91.1 Å². The Labute approximate surface area is 133 Å². The number of carbonyl (C=O) groups is 1. The number of morpholine rings is 1. The lowest BCUT2D eigenvalue weighted by atomic mass is 10.2. The van der Waals surface area contributed by atoms with Crippen LogP contribution in [0.25, 0.3) is 0 Å². The first-order chi connectivity index (χ1) is 11.3. The van der Waals surface area contributed by atoms with E-state index in [1.807, 2.05) is 6.07 Å². The van der Waals surface area contributed by atoms with Gasteiger partial charge in [0, 0.05) is 19.3 Å². The highest BCUT2D eigenvalue weighted by atomic mass is 16.5. The molecule has 2 aromatic rings. The molecule has 0 unspecified atom stereocenters. The number of carbonyl (C=O) groups excluding carboxylic acids is 1. The van der Waals surface area contributed by atoms with Crippen LogP contribution in [-0.4, -0.2) is 47.1 Å². The molecule has 116 valence electrons. The van der Waals surface area contributed by atoms with Crippen LogP contribution in [0, 0.1) is 11.3 Å². The van der Waals surface area contributed by atoms with Crippen LogP contribution in [0.4, 0.5) is 11.6 Å². The van der Waals surface area contributed by atoms with Crippen LogP contribution in [0.1, 0.15) is 16.1 Å². The Morgan fingerprint density at radius 1 is 1.26 bits per heavy atom. The minimum Gasteiger partial charge on any atom is -0.378 e. The molecule has 0 spiro atoms. The number of amides is 1. The Bertz CT molecular complexity index is 750. The standard InChI is InChI=1S/C16H15N5O2/c17-11-12-3-1-2-4-13(12)19-16-18-6-5-14(20-16)15(22)21-7-9-23-10-8-21/h1-6H,7-10H2,(H,18,19,20). The molecule has 0 saturated carbocycles. The van der Waals surface area contributed by atoms with Crippen molar-refractivity contribution in [1.82, 2.24) is 14.9 Å². The number of para-hydroxylation sites is 1. The zero-order valence-electron chi connectivity index (χ0n) is 12.4. The fourth-order valence-electron chi connectivity index (χ4n) is 2.28. The Hall–Kier alpha value is -2.98. The number of hydrogen-bond acceptors (Lipinski definition) is 6. The summed E-state index contributed by atoms with van der Waals surface area (Å²) in [5, 5.41) is 12.1. The van der Waals surface area contributed by atoms with Crippen LogP contribution < -0.4 is 5.32 Å². The largest absolute Gasteiger partial charge is 0.378 e. The van der Waals surface area contributed by atoms with Gasteiger partial charge in [0.2, 0.25) is 5.95 Å². The quantitative estimate of drug-likeness (QED) is 0.925. The molecule has 3 rings (SSSR count). The molecule has 1 aliphatic rings. The molecule has 23 heavy (non-hydrogen) atoms. The lowest BCUT2D eigenvalue weighted by Crippen LogP contribution is -2.41. The molecular weight excluding hydrogens is 294 g/mol. The van der Waals surface area contributed by atoms with E-state index in [4.69, 9.17) is 10.00 Å². The second-order valence-electron chi connectivity index (χ2n) is 4.95. The first kappa shape index (κ1) is 14.9. The van der Waals surface area contributed by atoms with E-state index >= 15 is 0 Å². The first-order valence-electron chi connectivity index (χ1n) is 7.24. The van der Waals surface area contributed by atoms with Gasteiger partial charge < -0.3 is 15.0 Å². The van der Waals surface area contributed by atoms with Crippen molar-refractivity contribution in [2.24, 2.45) is 0 Å². The van der Waals surface area contributed by atoms with Crippen molar-refractivity contribution >= 4 is 17.5 Å². The SMILES string of the molecule is N#Cc1ccccc1Nc1nccc(C(=O)N2CCOCC2)n1. The second kappa shape index (κ2) is 6.85. The van der Waals surface area contributed by atoms with E-state index in [0.717, 1.165) is 0 Å². The van der Waals surface area contributed by atoms with Gasteiger partial charge >= 0.3 is 0 Å². The molecule has 0 aliphatic carbocycles. The summed E-state index contributed by atoms with van der Waals surface area (Å²) >= 11 is 0. The summed E-state index contributed by atoms with van der Waals surface area (Å²) in [5.41, 5.74) is 1.41. The van der Waals surface area contributed by atoms with Crippen molar-refractivity contribution in [1.29, 1.82) is 5.26 Å². The maximum atomic E-state index is 12.4. The molecule has 1 fully saturated rings. The molecule has 1 aliphatic heterocycles. The van der Waals surface area contributed by atoms with E-state index in [1.165, 1.54) is 6.20 Å². The third kappa shape index (κ3) is 3.44. The molecule has 1 amide bonds. The average Bonchev–Trinajstić information content (AvgIpc) is 2.62. The highest BCUT2D eigenvalue weighted by Crippen LogP contribution is 2.17. The molecule has 1 aromatic carbocycles. The number of nitrogens with zero attached hydrogens (tertiary/aromatic N) is 4. The molecule has 1 saturated heterocycles. The maximum Gasteiger partial charge on any atom is 0.272 e. The summed E-state index contributed by atoms with van der Waals surface area (Å²) in [6, 6.07) is 10.7. The maximum absolute atomic E-state index is 12.4. The van der Waals surface area contributed by atoms with Crippen molar-refractivity contribution in [3.8, 4) is 6.07 Å². The van der Waals surface area contributed by atoms with Gasteiger partial charge in [-0.15, -0.1) is 0 Å². The normalized spacial score (nSPS) is 14.1. The van der Waals surface area contributed by atoms with Crippen molar-refractivity contribution in [2.75, 3.05) is 31.6 Å². The molecule has 1 aromatic heterocycles. The third-order valence-corrected chi connectivity index (χ3v) is 3.47. The molecule has 7 nitrogen and oxygen atoms in total. The molecule has 0 radical (unpaired) electrons. The Kier molecular flexibility index (Phi) is 4.45. The summed E-state index contributed by atoms with van der Waals surface area (Å²) < 4.78 is 5.24. The van der Waals surface area contributed by atoms with Crippen LogP contribution in [0.3, 0.4) is 0 Å². The summed E-state index contributed by atoms with van der Waals surface area (Å²) in [4.78, 5) is 22.5. The lowest BCUT2D eigenvalue weighted by molar-refractivity contribution is 0.0299. The van der Waals surface area contributed by atoms with Crippen molar-refractivity contribution in [3.05, 3.63) is 47.8 Å². The number of aromatic nitrogens is 2. The molecule has 1 N–H and O–H groups in total. The monoisotopic (exact) mass is 309 g/mol. The van der Waals surface area contributed by atoms with Gasteiger partial charge in [-0.05, 0) is 18.2 Å². The predicted octanol–water partition coefficient (Wildman–Crippen LogP) is 1.56. The van der Waals surface area contributed by atoms with E-state index in [9.17, 15) is 4.79 Å². The molecule has 2 heterocycles. The van der Waals surface area contributed by atoms with Gasteiger partial charge in [-0.1, -0.05) is 12.1 Å². The first-order valence-corrected chi connectivity index (χ1v) is 7.24. The van der Waals surface area contributed by atoms with Crippen LogP contribution in [0.2, 0.25) is 0 Å². The molecular formula is C16H15N5O2. The lowest BCUT2D eigenvalue weighted by Gasteiger charge is -2.26. The number of benzene rings is 1. The van der Waals surface area contributed by atoms with Crippen LogP contribution in [0.5, 0.6) is 0 Å². The number of nitriles is 1. The van der Waals surface area contributed by atoms with E-state index in [-0.39, 0.29) is 11.9 Å². The predicted molar refractivity (Wildman–Crippen MR) is 83.2 cm³/mol. The van der Waals surface area contributed by atoms with Gasteiger partial charge in [-0.3, -0.25) is 4.79 Å². The number of rotatable bonds is 3. The van der Waals surface area contributed by atoms with Crippen LogP contribution in [0.15, 0.2) is 36.5 Å².